The van der Waals surface area contributed by atoms with Crippen LogP contribution in [0.15, 0.2) is 0 Å². The molecular formula is C5H12O2Si. The quantitative estimate of drug-likeness (QED) is 0.437. The van der Waals surface area contributed by atoms with E-state index in [1.165, 1.54) is 0 Å². The number of ether oxygens (including phenoxy) is 1. The molecule has 8 heavy (non-hydrogen) atoms. The highest BCUT2D eigenvalue weighted by Gasteiger charge is 2.22. The summed E-state index contributed by atoms with van der Waals surface area (Å²) >= 11 is 0. The molecule has 2 atom stereocenters. The van der Waals surface area contributed by atoms with Gasteiger partial charge in [-0.25, -0.2) is 0 Å². The van der Waals surface area contributed by atoms with Crippen molar-refractivity contribution in [2.24, 2.45) is 0 Å². The topological polar surface area (TPSA) is 32.8 Å². The van der Waals surface area contributed by atoms with Crippen LogP contribution in [0.2, 0.25) is 12.6 Å². The maximum atomic E-state index is 8.91. The molecule has 1 aliphatic rings. The predicted molar refractivity (Wildman–Crippen MR) is 34.4 cm³/mol. The zero-order chi connectivity index (χ0) is 5.98. The molecule has 0 radical (unpaired) electrons. The van der Waals surface area contributed by atoms with Crippen LogP contribution in [0.3, 0.4) is 0 Å². The number of epoxide rings is 1. The van der Waals surface area contributed by atoms with Gasteiger partial charge in [-0.1, -0.05) is 0 Å². The highest BCUT2D eigenvalue weighted by molar-refractivity contribution is 6.48. The molecule has 0 aromatic heterocycles. The lowest BCUT2D eigenvalue weighted by Gasteiger charge is -1.95. The number of hydrogen-bond donors (Lipinski definition) is 1. The first-order valence-electron chi connectivity index (χ1n) is 3.08. The zero-order valence-corrected chi connectivity index (χ0v) is 6.29. The average molecular weight is 132 g/mol. The summed E-state index contributed by atoms with van der Waals surface area (Å²) in [5.74, 6) is 0. The Morgan fingerprint density at radius 1 is 1.88 bits per heavy atom. The minimum Gasteiger partial charge on any atom is -0.435 e. The van der Waals surface area contributed by atoms with Gasteiger partial charge in [-0.05, 0) is 19.0 Å². The molecule has 0 bridgehead atoms. The van der Waals surface area contributed by atoms with Crippen molar-refractivity contribution in [2.45, 2.75) is 25.1 Å². The van der Waals surface area contributed by atoms with Crippen molar-refractivity contribution in [1.29, 1.82) is 0 Å². The van der Waals surface area contributed by atoms with Crippen LogP contribution in [-0.2, 0) is 4.74 Å². The van der Waals surface area contributed by atoms with Crippen LogP contribution in [0.4, 0.5) is 0 Å². The van der Waals surface area contributed by atoms with Crippen molar-refractivity contribution in [3.8, 4) is 0 Å². The molecule has 0 aromatic carbocycles. The Hall–Kier alpha value is 0.137. The lowest BCUT2D eigenvalue weighted by molar-refractivity contribution is 0.400. The smallest absolute Gasteiger partial charge is 0.169 e. The summed E-state index contributed by atoms with van der Waals surface area (Å²) < 4.78 is 4.97. The Labute approximate surface area is 51.2 Å². The van der Waals surface area contributed by atoms with E-state index in [4.69, 9.17) is 9.53 Å². The molecule has 0 spiro atoms. The van der Waals surface area contributed by atoms with Crippen molar-refractivity contribution >= 4 is 9.04 Å². The van der Waals surface area contributed by atoms with Crippen molar-refractivity contribution in [3.05, 3.63) is 0 Å². The summed E-state index contributed by atoms with van der Waals surface area (Å²) in [6.07, 6.45) is 1.60. The fourth-order valence-electron chi connectivity index (χ4n) is 0.662. The van der Waals surface area contributed by atoms with Crippen molar-refractivity contribution in [1.82, 2.24) is 0 Å². The van der Waals surface area contributed by atoms with E-state index in [9.17, 15) is 0 Å². The third-order valence-electron chi connectivity index (χ3n) is 1.31. The second kappa shape index (κ2) is 2.62. The van der Waals surface area contributed by atoms with Gasteiger partial charge in [-0.2, -0.15) is 0 Å². The van der Waals surface area contributed by atoms with Gasteiger partial charge >= 0.3 is 0 Å². The molecule has 3 heteroatoms. The van der Waals surface area contributed by atoms with Gasteiger partial charge in [0.1, 0.15) is 0 Å². The van der Waals surface area contributed by atoms with Crippen LogP contribution >= 0.6 is 0 Å². The van der Waals surface area contributed by atoms with E-state index in [0.29, 0.717) is 6.10 Å². The lowest BCUT2D eigenvalue weighted by Crippen LogP contribution is -2.05. The first kappa shape index (κ1) is 6.26. The molecule has 0 saturated carbocycles. The van der Waals surface area contributed by atoms with E-state index >= 15 is 0 Å². The molecule has 0 aromatic rings. The molecule has 1 saturated heterocycles. The molecule has 1 aliphatic heterocycles. The fraction of sp³-hybridized carbons (Fsp3) is 1.00. The third-order valence-corrected chi connectivity index (χ3v) is 2.48. The lowest BCUT2D eigenvalue weighted by atomic mass is 10.4. The third kappa shape index (κ3) is 2.45. The zero-order valence-electron chi connectivity index (χ0n) is 5.13. The van der Waals surface area contributed by atoms with Gasteiger partial charge in [0.15, 0.2) is 9.04 Å². The molecule has 1 heterocycles. The van der Waals surface area contributed by atoms with E-state index in [-0.39, 0.29) is 0 Å². The van der Waals surface area contributed by atoms with Crippen LogP contribution in [0, 0.1) is 0 Å². The van der Waals surface area contributed by atoms with Crippen molar-refractivity contribution in [3.63, 3.8) is 0 Å². The summed E-state index contributed by atoms with van der Waals surface area (Å²) in [6, 6.07) is 1.02. The van der Waals surface area contributed by atoms with Crippen LogP contribution in [0.25, 0.3) is 0 Å². The van der Waals surface area contributed by atoms with Gasteiger partial charge in [0.25, 0.3) is 0 Å². The first-order chi connectivity index (χ1) is 3.79. The Bertz CT molecular complexity index is 68.8. The fourth-order valence-corrected chi connectivity index (χ4v) is 1.52. The molecule has 0 amide bonds. The van der Waals surface area contributed by atoms with Crippen molar-refractivity contribution < 1.29 is 9.53 Å². The molecule has 2 unspecified atom stereocenters. The van der Waals surface area contributed by atoms with Crippen LogP contribution in [-0.4, -0.2) is 26.5 Å². The number of hydrogen-bond acceptors (Lipinski definition) is 2. The first-order valence-corrected chi connectivity index (χ1v) is 5.57. The molecule has 1 rings (SSSR count). The minimum absolute atomic E-state index is 0.511. The van der Waals surface area contributed by atoms with E-state index in [0.717, 1.165) is 19.1 Å². The highest BCUT2D eigenvalue weighted by Crippen LogP contribution is 2.15. The van der Waals surface area contributed by atoms with Gasteiger partial charge in [0.2, 0.25) is 0 Å². The highest BCUT2D eigenvalue weighted by atomic mass is 28.3. The monoisotopic (exact) mass is 132 g/mol. The van der Waals surface area contributed by atoms with Gasteiger partial charge in [-0.15, -0.1) is 0 Å². The second-order valence-electron chi connectivity index (χ2n) is 2.38. The van der Waals surface area contributed by atoms with Gasteiger partial charge < -0.3 is 9.53 Å². The second-order valence-corrected chi connectivity index (χ2v) is 4.66. The summed E-state index contributed by atoms with van der Waals surface area (Å²) in [5, 5.41) is 0. The summed E-state index contributed by atoms with van der Waals surface area (Å²) in [4.78, 5) is 8.91. The maximum absolute atomic E-state index is 8.91. The molecular weight excluding hydrogens is 120 g/mol. The van der Waals surface area contributed by atoms with E-state index < -0.39 is 9.04 Å². The van der Waals surface area contributed by atoms with E-state index in [1.54, 1.807) is 0 Å². The summed E-state index contributed by atoms with van der Waals surface area (Å²) in [6.45, 7) is 2.88. The van der Waals surface area contributed by atoms with Crippen LogP contribution in [0.1, 0.15) is 6.42 Å². The maximum Gasteiger partial charge on any atom is 0.169 e. The van der Waals surface area contributed by atoms with Crippen LogP contribution in [0.5, 0.6) is 0 Å². The Morgan fingerprint density at radius 2 is 2.50 bits per heavy atom. The van der Waals surface area contributed by atoms with Gasteiger partial charge in [-0.3, -0.25) is 0 Å². The average Bonchev–Trinajstić information content (AvgIpc) is 2.41. The largest absolute Gasteiger partial charge is 0.435 e. The van der Waals surface area contributed by atoms with Gasteiger partial charge in [0, 0.05) is 0 Å². The molecule has 48 valence electrons. The molecule has 2 nitrogen and oxygen atoms in total. The Balaban J connectivity index is 1.87. The molecule has 1 N–H and O–H groups in total. The van der Waals surface area contributed by atoms with E-state index in [2.05, 4.69) is 0 Å². The predicted octanol–water partition coefficient (Wildman–Crippen LogP) is 0.121. The van der Waals surface area contributed by atoms with E-state index in [1.807, 2.05) is 6.55 Å². The van der Waals surface area contributed by atoms with Crippen molar-refractivity contribution in [2.75, 3.05) is 6.61 Å². The minimum atomic E-state index is -1.27. The molecule has 1 fully saturated rings. The van der Waals surface area contributed by atoms with Gasteiger partial charge in [0.05, 0.1) is 12.7 Å². The number of rotatable bonds is 3. The Kier molecular flexibility index (Phi) is 2.05. The normalized spacial score (nSPS) is 30.0. The standard InChI is InChI=1S/C5H12O2Si/c1-8(6)3-2-5-4-7-5/h5-6,8H,2-4H2,1H3. The SMILES string of the molecule is C[SiH](O)CCC1CO1. The summed E-state index contributed by atoms with van der Waals surface area (Å²) in [5.41, 5.74) is 0. The summed E-state index contributed by atoms with van der Waals surface area (Å²) in [7, 11) is -1.27. The van der Waals surface area contributed by atoms with Crippen LogP contribution < -0.4 is 0 Å². The molecule has 0 aliphatic carbocycles. The Morgan fingerprint density at radius 3 is 2.88 bits per heavy atom.